The fourth-order valence-electron chi connectivity index (χ4n) is 5.71. The number of thioether (sulfide) groups is 1. The smallest absolute Gasteiger partial charge is 0.302 e. The number of nitrogens with zero attached hydrogens (tertiary/aromatic N) is 6. The molecule has 56 heavy (non-hydrogen) atoms. The maximum absolute atomic E-state index is 13.0. The summed E-state index contributed by atoms with van der Waals surface area (Å²) in [5.41, 5.74) is 13.4. The Labute approximate surface area is 325 Å². The molecule has 300 valence electrons. The van der Waals surface area contributed by atoms with Gasteiger partial charge in [0.1, 0.15) is 18.0 Å². The summed E-state index contributed by atoms with van der Waals surface area (Å²) in [6.45, 7) is 0.582. The van der Waals surface area contributed by atoms with Gasteiger partial charge in [0.15, 0.2) is 22.8 Å². The van der Waals surface area contributed by atoms with E-state index >= 15 is 0 Å². The van der Waals surface area contributed by atoms with Crippen LogP contribution in [-0.2, 0) is 40.0 Å². The number of ketones is 1. The number of esters is 1. The van der Waals surface area contributed by atoms with E-state index in [9.17, 15) is 43.8 Å². The molecule has 1 fully saturated rings. The van der Waals surface area contributed by atoms with Gasteiger partial charge in [0.25, 0.3) is 5.91 Å². The number of amides is 3. The lowest BCUT2D eigenvalue weighted by molar-refractivity contribution is -0.311. The molecular weight excluding hydrogens is 753 g/mol. The van der Waals surface area contributed by atoms with Gasteiger partial charge in [-0.1, -0.05) is 14.9 Å². The number of benzene rings is 1. The molecule has 3 amide bonds. The molecule has 0 unspecified atom stereocenters. The number of carbonyl (C=O) groups is 7. The number of nitrogens with one attached hydrogen (secondary N) is 2. The fourth-order valence-corrected chi connectivity index (χ4v) is 7.04. The minimum Gasteiger partial charge on any atom is -0.550 e. The van der Waals surface area contributed by atoms with Crippen LogP contribution >= 0.6 is 11.8 Å². The molecule has 4 heterocycles. The third kappa shape index (κ3) is 10.2. The normalized spacial score (nSPS) is 16.2. The van der Waals surface area contributed by atoms with Crippen LogP contribution in [-0.4, -0.2) is 104 Å². The molecule has 5 rings (SSSR count). The van der Waals surface area contributed by atoms with Crippen LogP contribution in [0, 0.1) is 5.92 Å². The highest BCUT2D eigenvalue weighted by Gasteiger charge is 2.52. The summed E-state index contributed by atoms with van der Waals surface area (Å²) in [6.07, 6.45) is 0.502. The SMILES string of the molecule is C.C.CC(=O)OCC1=C(C(=O)[O-])N2C(=O)[C@@H](NC(=O)CNC(=O)CC[C@H](CC(=O)c3ccc(N(C)Cc4cnc5nc(N)nc(N)c5n4)cc3)C(=O)[O-])[C@H]2SC1. The number of carboxylic acid groups (broad SMARTS) is 2. The number of anilines is 3. The number of nitrogen functional groups attached to an aromatic ring is 2. The first-order chi connectivity index (χ1) is 25.6. The molecule has 3 aromatic rings. The number of aliphatic carboxylic acids is 2. The Bertz CT molecular complexity index is 2060. The number of rotatable bonds is 16. The summed E-state index contributed by atoms with van der Waals surface area (Å²) in [5.74, 6) is -7.53. The van der Waals surface area contributed by atoms with E-state index in [-0.39, 0.29) is 68.6 Å². The van der Waals surface area contributed by atoms with Crippen molar-refractivity contribution in [1.29, 1.82) is 0 Å². The average molecular weight is 795 g/mol. The molecule has 0 radical (unpaired) electrons. The van der Waals surface area contributed by atoms with Gasteiger partial charge in [-0.05, 0) is 30.7 Å². The van der Waals surface area contributed by atoms with E-state index in [0.29, 0.717) is 23.4 Å². The van der Waals surface area contributed by atoms with Gasteiger partial charge in [0.2, 0.25) is 17.8 Å². The predicted molar refractivity (Wildman–Crippen MR) is 199 cm³/mol. The van der Waals surface area contributed by atoms with Gasteiger partial charge >= 0.3 is 5.97 Å². The monoisotopic (exact) mass is 794 g/mol. The van der Waals surface area contributed by atoms with Crippen molar-refractivity contribution in [1.82, 2.24) is 35.5 Å². The minimum atomic E-state index is -1.63. The van der Waals surface area contributed by atoms with Crippen molar-refractivity contribution >= 4 is 81.8 Å². The second kappa shape index (κ2) is 18.8. The van der Waals surface area contributed by atoms with Crippen LogP contribution in [0.15, 0.2) is 41.7 Å². The standard InChI is InChI=1S/C33H36N10O10S.2CH4/c1-15(44)53-13-18-14-54-30-25(29(48)43(30)26(18)32(51)52)39-23(47)11-36-22(46)8-5-17(31(49)50)9-21(45)16-3-6-20(7-4-16)42(2)12-19-10-37-28-24(38-19)27(34)40-33(35)41-28;;/h3-4,6-7,10,17,25,30H,5,8-9,11-14H2,1-2H3,(H,36,46)(H,39,47)(H,49,50)(H,51,52)(H4,34,35,37,40,41);2*1H4/p-2/t17-,25-,30-;;/m1../s1. The van der Waals surface area contributed by atoms with Gasteiger partial charge in [-0.3, -0.25) is 28.9 Å². The molecule has 0 spiro atoms. The number of nitrogens with two attached hydrogens (primary N) is 2. The van der Waals surface area contributed by atoms with Crippen LogP contribution in [0.25, 0.3) is 11.2 Å². The molecule has 1 saturated heterocycles. The Balaban J connectivity index is 0.00000420. The second-order valence-corrected chi connectivity index (χ2v) is 13.4. The van der Waals surface area contributed by atoms with E-state index in [1.807, 2.05) is 4.90 Å². The van der Waals surface area contributed by atoms with Crippen LogP contribution in [0.5, 0.6) is 0 Å². The lowest BCUT2D eigenvalue weighted by Crippen LogP contribution is -2.71. The molecule has 0 bridgehead atoms. The van der Waals surface area contributed by atoms with Crippen LogP contribution < -0.4 is 37.2 Å². The van der Waals surface area contributed by atoms with E-state index in [2.05, 4.69) is 30.6 Å². The van der Waals surface area contributed by atoms with E-state index in [1.165, 1.54) is 6.20 Å². The summed E-state index contributed by atoms with van der Waals surface area (Å²) in [4.78, 5) is 105. The number of ether oxygens (including phenoxy) is 1. The van der Waals surface area contributed by atoms with Gasteiger partial charge in [-0.15, -0.1) is 11.8 Å². The summed E-state index contributed by atoms with van der Waals surface area (Å²) in [5, 5.41) is 27.6. The summed E-state index contributed by atoms with van der Waals surface area (Å²) in [6, 6.07) is 5.36. The first-order valence-electron chi connectivity index (χ1n) is 16.3. The maximum atomic E-state index is 13.0. The Morgan fingerprint density at radius 1 is 1.05 bits per heavy atom. The van der Waals surface area contributed by atoms with E-state index in [0.717, 1.165) is 23.6 Å². The lowest BCUT2D eigenvalue weighted by atomic mass is 9.94. The molecule has 3 atom stereocenters. The largest absolute Gasteiger partial charge is 0.550 e. The van der Waals surface area contributed by atoms with Crippen LogP contribution in [0.2, 0.25) is 0 Å². The van der Waals surface area contributed by atoms with Crippen molar-refractivity contribution in [2.24, 2.45) is 5.92 Å². The van der Waals surface area contributed by atoms with E-state index in [1.54, 1.807) is 31.3 Å². The molecule has 1 aromatic carbocycles. The van der Waals surface area contributed by atoms with Crippen LogP contribution in [0.3, 0.4) is 0 Å². The molecule has 0 aliphatic carbocycles. The maximum Gasteiger partial charge on any atom is 0.302 e. The zero-order valence-electron chi connectivity index (χ0n) is 28.9. The van der Waals surface area contributed by atoms with Crippen molar-refractivity contribution in [2.45, 2.75) is 59.0 Å². The first-order valence-corrected chi connectivity index (χ1v) is 17.3. The number of fused-ring (bicyclic) bond motifs is 2. The fraction of sp³-hybridized carbons (Fsp3) is 0.400. The second-order valence-electron chi connectivity index (χ2n) is 12.3. The predicted octanol–water partition coefficient (Wildman–Crippen LogP) is -1.70. The zero-order chi connectivity index (χ0) is 39.3. The van der Waals surface area contributed by atoms with Gasteiger partial charge < -0.3 is 51.5 Å². The van der Waals surface area contributed by atoms with Crippen molar-refractivity contribution in [3.63, 3.8) is 0 Å². The first kappa shape index (κ1) is 44.0. The number of β-lactam (4-membered cyclic amide) rings is 1. The number of Topliss-reactive ketones (excluding diaryl/α,β-unsaturated/α-hetero) is 1. The Morgan fingerprint density at radius 3 is 2.39 bits per heavy atom. The van der Waals surface area contributed by atoms with E-state index < -0.39 is 77.4 Å². The zero-order valence-corrected chi connectivity index (χ0v) is 29.7. The minimum absolute atomic E-state index is 0. The van der Waals surface area contributed by atoms with Crippen LogP contribution in [0.1, 0.15) is 57.1 Å². The van der Waals surface area contributed by atoms with E-state index in [4.69, 9.17) is 16.2 Å². The summed E-state index contributed by atoms with van der Waals surface area (Å²) in [7, 11) is 1.79. The number of hydrogen-bond donors (Lipinski definition) is 4. The lowest BCUT2D eigenvalue weighted by Gasteiger charge is -2.50. The molecule has 6 N–H and O–H groups in total. The Morgan fingerprint density at radius 2 is 1.75 bits per heavy atom. The number of aromatic nitrogens is 4. The highest BCUT2D eigenvalue weighted by molar-refractivity contribution is 8.00. The third-order valence-corrected chi connectivity index (χ3v) is 9.81. The van der Waals surface area contributed by atoms with Crippen molar-refractivity contribution in [3.8, 4) is 0 Å². The van der Waals surface area contributed by atoms with Crippen LogP contribution in [0.4, 0.5) is 17.5 Å². The molecular formula is C35H42N10O10S-2. The molecule has 21 heteroatoms. The number of hydrogen-bond acceptors (Lipinski definition) is 18. The number of carbonyl (C=O) groups excluding carboxylic acids is 7. The van der Waals surface area contributed by atoms with Gasteiger partial charge in [0.05, 0.1) is 36.6 Å². The molecule has 0 saturated carbocycles. The van der Waals surface area contributed by atoms with Gasteiger partial charge in [-0.2, -0.15) is 9.97 Å². The Hall–Kier alpha value is -6.38. The highest BCUT2D eigenvalue weighted by atomic mass is 32.2. The topological polar surface area (TPSA) is 309 Å². The Kier molecular flexibility index (Phi) is 14.8. The summed E-state index contributed by atoms with van der Waals surface area (Å²) >= 11 is 1.15. The molecule has 20 nitrogen and oxygen atoms in total. The third-order valence-electron chi connectivity index (χ3n) is 8.47. The van der Waals surface area contributed by atoms with Crippen molar-refractivity contribution < 1.29 is 48.5 Å². The number of carboxylic acids is 2. The molecule has 2 aliphatic heterocycles. The van der Waals surface area contributed by atoms with Crippen molar-refractivity contribution in [3.05, 3.63) is 53.0 Å². The molecule has 2 aromatic heterocycles. The van der Waals surface area contributed by atoms with Gasteiger partial charge in [-0.25, -0.2) is 9.97 Å². The quantitative estimate of drug-likeness (QED) is 0.0713. The van der Waals surface area contributed by atoms with Crippen molar-refractivity contribution in [2.75, 3.05) is 42.3 Å². The molecule has 2 aliphatic rings. The summed E-state index contributed by atoms with van der Waals surface area (Å²) < 4.78 is 4.86. The highest BCUT2D eigenvalue weighted by Crippen LogP contribution is 2.40. The van der Waals surface area contributed by atoms with Gasteiger partial charge in [0, 0.05) is 61.3 Å². The average Bonchev–Trinajstić information content (AvgIpc) is 3.13.